The van der Waals surface area contributed by atoms with Crippen LogP contribution >= 0.6 is 0 Å². The molecule has 2 atom stereocenters. The van der Waals surface area contributed by atoms with Crippen LogP contribution in [0.1, 0.15) is 25.3 Å². The summed E-state index contributed by atoms with van der Waals surface area (Å²) in [5, 5.41) is 3.09. The van der Waals surface area contributed by atoms with Crippen molar-refractivity contribution in [3.8, 4) is 0 Å². The Kier molecular flexibility index (Phi) is 2.72. The zero-order valence-electron chi connectivity index (χ0n) is 8.73. The van der Waals surface area contributed by atoms with Crippen molar-refractivity contribution < 1.29 is 4.74 Å². The van der Waals surface area contributed by atoms with Crippen LogP contribution in [0.15, 0.2) is 12.4 Å². The molecule has 0 spiro atoms. The van der Waals surface area contributed by atoms with Gasteiger partial charge in [0.1, 0.15) is 0 Å². The van der Waals surface area contributed by atoms with Crippen molar-refractivity contribution in [3.05, 3.63) is 12.4 Å². The van der Waals surface area contributed by atoms with Gasteiger partial charge in [0.25, 0.3) is 0 Å². The van der Waals surface area contributed by atoms with E-state index < -0.39 is 0 Å². The molecule has 1 N–H and O–H groups in total. The molecule has 2 unspecified atom stereocenters. The fourth-order valence-corrected chi connectivity index (χ4v) is 2.27. The van der Waals surface area contributed by atoms with Crippen molar-refractivity contribution in [1.82, 2.24) is 9.55 Å². The summed E-state index contributed by atoms with van der Waals surface area (Å²) < 4.78 is 7.65. The molecule has 14 heavy (non-hydrogen) atoms. The van der Waals surface area contributed by atoms with Crippen molar-refractivity contribution in [1.29, 1.82) is 0 Å². The smallest absolute Gasteiger partial charge is 0.202 e. The first-order valence-electron chi connectivity index (χ1n) is 5.10. The molecule has 4 nitrogen and oxygen atoms in total. The van der Waals surface area contributed by atoms with Gasteiger partial charge < -0.3 is 14.6 Å². The average molecular weight is 195 g/mol. The van der Waals surface area contributed by atoms with E-state index in [2.05, 4.69) is 14.9 Å². The van der Waals surface area contributed by atoms with Gasteiger partial charge in [0.15, 0.2) is 0 Å². The van der Waals surface area contributed by atoms with Gasteiger partial charge in [0.2, 0.25) is 5.95 Å². The van der Waals surface area contributed by atoms with Gasteiger partial charge in [-0.2, -0.15) is 0 Å². The third-order valence-corrected chi connectivity index (χ3v) is 2.97. The molecule has 0 aromatic carbocycles. The molecule has 1 aliphatic rings. The minimum atomic E-state index is 0.344. The highest BCUT2D eigenvalue weighted by molar-refractivity contribution is 5.25. The van der Waals surface area contributed by atoms with Gasteiger partial charge in [-0.1, -0.05) is 0 Å². The van der Waals surface area contributed by atoms with Crippen molar-refractivity contribution in [2.75, 3.05) is 19.5 Å². The molecule has 1 aromatic rings. The molecule has 1 aliphatic carbocycles. The van der Waals surface area contributed by atoms with E-state index in [9.17, 15) is 0 Å². The van der Waals surface area contributed by atoms with Crippen molar-refractivity contribution in [2.24, 2.45) is 0 Å². The maximum Gasteiger partial charge on any atom is 0.202 e. The monoisotopic (exact) mass is 195 g/mol. The summed E-state index contributed by atoms with van der Waals surface area (Å²) in [7, 11) is 3.69. The first-order chi connectivity index (χ1) is 6.86. The highest BCUT2D eigenvalue weighted by Crippen LogP contribution is 2.33. The predicted octanol–water partition coefficient (Wildman–Crippen LogP) is 1.66. The molecule has 0 bridgehead atoms. The Morgan fingerprint density at radius 2 is 2.43 bits per heavy atom. The Bertz CT molecular complexity index is 297. The highest BCUT2D eigenvalue weighted by Gasteiger charge is 2.29. The molecule has 2 rings (SSSR count). The molecule has 0 saturated heterocycles. The zero-order valence-corrected chi connectivity index (χ0v) is 8.73. The Morgan fingerprint density at radius 3 is 3.14 bits per heavy atom. The van der Waals surface area contributed by atoms with Crippen LogP contribution in [-0.2, 0) is 4.74 Å². The molecular formula is C10H17N3O. The number of imidazole rings is 1. The van der Waals surface area contributed by atoms with Gasteiger partial charge in [-0.25, -0.2) is 4.98 Å². The highest BCUT2D eigenvalue weighted by atomic mass is 16.5. The van der Waals surface area contributed by atoms with Gasteiger partial charge >= 0.3 is 0 Å². The number of methoxy groups -OCH3 is 1. The summed E-state index contributed by atoms with van der Waals surface area (Å²) in [6.07, 6.45) is 7.78. The van der Waals surface area contributed by atoms with E-state index in [-0.39, 0.29) is 0 Å². The van der Waals surface area contributed by atoms with E-state index in [4.69, 9.17) is 4.74 Å². The molecule has 4 heteroatoms. The Balaban J connectivity index is 2.21. The van der Waals surface area contributed by atoms with Crippen LogP contribution in [-0.4, -0.2) is 29.8 Å². The van der Waals surface area contributed by atoms with Gasteiger partial charge in [-0.15, -0.1) is 0 Å². The van der Waals surface area contributed by atoms with E-state index >= 15 is 0 Å². The number of hydrogen-bond donors (Lipinski definition) is 1. The molecular weight excluding hydrogens is 178 g/mol. The van der Waals surface area contributed by atoms with Crippen LogP contribution < -0.4 is 5.32 Å². The van der Waals surface area contributed by atoms with Gasteiger partial charge in [-0.05, 0) is 19.3 Å². The Hall–Kier alpha value is -1.03. The van der Waals surface area contributed by atoms with E-state index in [1.165, 1.54) is 12.8 Å². The number of ether oxygens (including phenoxy) is 1. The average Bonchev–Trinajstić information content (AvgIpc) is 2.85. The van der Waals surface area contributed by atoms with Crippen LogP contribution in [0.25, 0.3) is 0 Å². The lowest BCUT2D eigenvalue weighted by atomic mass is 10.2. The lowest BCUT2D eigenvalue weighted by Crippen LogP contribution is -2.21. The van der Waals surface area contributed by atoms with Crippen LogP contribution in [0.2, 0.25) is 0 Å². The van der Waals surface area contributed by atoms with Gasteiger partial charge in [0.05, 0.1) is 12.1 Å². The van der Waals surface area contributed by atoms with Crippen molar-refractivity contribution in [3.63, 3.8) is 0 Å². The van der Waals surface area contributed by atoms with Crippen LogP contribution in [0.5, 0.6) is 0 Å². The van der Waals surface area contributed by atoms with E-state index in [0.29, 0.717) is 12.1 Å². The molecule has 0 radical (unpaired) electrons. The van der Waals surface area contributed by atoms with Crippen LogP contribution in [0.3, 0.4) is 0 Å². The minimum absolute atomic E-state index is 0.344. The minimum Gasteiger partial charge on any atom is -0.379 e. The summed E-state index contributed by atoms with van der Waals surface area (Å²) in [6.45, 7) is 0. The van der Waals surface area contributed by atoms with Crippen molar-refractivity contribution >= 4 is 5.95 Å². The number of rotatable bonds is 3. The van der Waals surface area contributed by atoms with Gasteiger partial charge in [0, 0.05) is 26.6 Å². The number of aromatic nitrogens is 2. The number of nitrogens with one attached hydrogen (secondary N) is 1. The molecule has 1 saturated carbocycles. The van der Waals surface area contributed by atoms with Crippen LogP contribution in [0.4, 0.5) is 5.95 Å². The lowest BCUT2D eigenvalue weighted by molar-refractivity contribution is 0.0756. The number of nitrogens with zero attached hydrogens (tertiary/aromatic N) is 2. The number of hydrogen-bond acceptors (Lipinski definition) is 3. The lowest BCUT2D eigenvalue weighted by Gasteiger charge is -2.21. The topological polar surface area (TPSA) is 39.1 Å². The number of anilines is 1. The maximum absolute atomic E-state index is 5.47. The third-order valence-electron chi connectivity index (χ3n) is 2.97. The second-order valence-electron chi connectivity index (χ2n) is 3.68. The molecule has 1 heterocycles. The predicted molar refractivity (Wildman–Crippen MR) is 55.5 cm³/mol. The second kappa shape index (κ2) is 4.00. The zero-order chi connectivity index (χ0) is 9.97. The van der Waals surface area contributed by atoms with E-state index in [0.717, 1.165) is 12.4 Å². The van der Waals surface area contributed by atoms with E-state index in [1.807, 2.05) is 19.4 Å². The molecule has 1 aromatic heterocycles. The summed E-state index contributed by atoms with van der Waals surface area (Å²) in [4.78, 5) is 4.24. The first-order valence-corrected chi connectivity index (χ1v) is 5.10. The fraction of sp³-hybridized carbons (Fsp3) is 0.700. The largest absolute Gasteiger partial charge is 0.379 e. The Labute approximate surface area is 84.3 Å². The maximum atomic E-state index is 5.47. The summed E-state index contributed by atoms with van der Waals surface area (Å²) in [5.74, 6) is 0.930. The van der Waals surface area contributed by atoms with Gasteiger partial charge in [-0.3, -0.25) is 0 Å². The fourth-order valence-electron chi connectivity index (χ4n) is 2.27. The first kappa shape index (κ1) is 9.52. The summed E-state index contributed by atoms with van der Waals surface area (Å²) >= 11 is 0. The third kappa shape index (κ3) is 1.50. The Morgan fingerprint density at radius 1 is 1.57 bits per heavy atom. The summed E-state index contributed by atoms with van der Waals surface area (Å²) in [5.41, 5.74) is 0. The molecule has 78 valence electrons. The normalized spacial score (nSPS) is 26.7. The summed E-state index contributed by atoms with van der Waals surface area (Å²) in [6, 6.07) is 0.449. The standard InChI is InChI=1S/C10H17N3O/c1-11-10-12-6-7-13(10)8-4-3-5-9(8)14-2/h6-9H,3-5H2,1-2H3,(H,11,12). The molecule has 0 aliphatic heterocycles. The molecule has 0 amide bonds. The molecule has 1 fully saturated rings. The van der Waals surface area contributed by atoms with Crippen LogP contribution in [0, 0.1) is 0 Å². The quantitative estimate of drug-likeness (QED) is 0.797. The SMILES string of the molecule is CNc1nccn1C1CCCC1OC. The van der Waals surface area contributed by atoms with E-state index in [1.54, 1.807) is 7.11 Å². The van der Waals surface area contributed by atoms with Crippen molar-refractivity contribution in [2.45, 2.75) is 31.4 Å². The second-order valence-corrected chi connectivity index (χ2v) is 3.68.